The number of rotatable bonds is 5. The van der Waals surface area contributed by atoms with E-state index in [1.807, 2.05) is 25.1 Å². The lowest BCUT2D eigenvalue weighted by Gasteiger charge is -2.41. The monoisotopic (exact) mass is 429 g/mol. The number of hydrogen-bond acceptors (Lipinski definition) is 6. The van der Waals surface area contributed by atoms with Gasteiger partial charge in [0, 0.05) is 43.4 Å². The normalized spacial score (nSPS) is 21.7. The number of hydrogen-bond donors (Lipinski definition) is 1. The highest BCUT2D eigenvalue weighted by Crippen LogP contribution is 2.45. The molecule has 1 atom stereocenters. The van der Waals surface area contributed by atoms with E-state index in [0.29, 0.717) is 49.8 Å². The second-order valence-corrected chi connectivity index (χ2v) is 9.18. The van der Waals surface area contributed by atoms with Gasteiger partial charge in [0.25, 0.3) is 5.91 Å². The van der Waals surface area contributed by atoms with E-state index in [4.69, 9.17) is 4.98 Å². The fraction of sp³-hybridized carbons (Fsp3) is 0.440. The van der Waals surface area contributed by atoms with Gasteiger partial charge in [-0.3, -0.25) is 9.78 Å². The van der Waals surface area contributed by atoms with Gasteiger partial charge in [-0.05, 0) is 62.4 Å². The molecule has 0 aromatic carbocycles. The summed E-state index contributed by atoms with van der Waals surface area (Å²) in [5.74, 6) is 0.935. The zero-order valence-corrected chi connectivity index (χ0v) is 18.3. The summed E-state index contributed by atoms with van der Waals surface area (Å²) >= 11 is 0. The number of piperazine rings is 1. The number of pyridine rings is 2. The maximum Gasteiger partial charge on any atom is 0.254 e. The van der Waals surface area contributed by atoms with E-state index < -0.39 is 5.60 Å². The third kappa shape index (κ3) is 3.65. The molecule has 2 aliphatic carbocycles. The lowest BCUT2D eigenvalue weighted by molar-refractivity contribution is -0.145. The van der Waals surface area contributed by atoms with E-state index in [2.05, 4.69) is 22.5 Å². The summed E-state index contributed by atoms with van der Waals surface area (Å²) in [6, 6.07) is 8.16. The van der Waals surface area contributed by atoms with Gasteiger partial charge >= 0.3 is 0 Å². The third-order valence-electron chi connectivity index (χ3n) is 6.73. The molecule has 5 rings (SSSR count). The summed E-state index contributed by atoms with van der Waals surface area (Å²) in [4.78, 5) is 25.9. The smallest absolute Gasteiger partial charge is 0.254 e. The van der Waals surface area contributed by atoms with E-state index in [0.717, 1.165) is 35.4 Å². The fourth-order valence-corrected chi connectivity index (χ4v) is 4.52. The van der Waals surface area contributed by atoms with Crippen LogP contribution in [0.3, 0.4) is 0 Å². The molecule has 1 N–H and O–H groups in total. The number of carbonyl (C=O) groups is 1. The van der Waals surface area contributed by atoms with Crippen molar-refractivity contribution in [1.29, 1.82) is 5.26 Å². The zero-order valence-electron chi connectivity index (χ0n) is 18.3. The number of nitriles is 1. The number of anilines is 1. The molecule has 2 aromatic heterocycles. The quantitative estimate of drug-likeness (QED) is 0.785. The van der Waals surface area contributed by atoms with E-state index >= 15 is 0 Å². The molecule has 1 amide bonds. The molecular formula is C25H27N5O2. The number of amides is 1. The third-order valence-corrected chi connectivity index (χ3v) is 6.73. The molecule has 0 unspecified atom stereocenters. The van der Waals surface area contributed by atoms with Crippen LogP contribution in [0.1, 0.15) is 55.5 Å². The molecule has 2 aromatic rings. The molecule has 7 heteroatoms. The maximum absolute atomic E-state index is 12.6. The lowest BCUT2D eigenvalue weighted by atomic mass is 9.99. The molecule has 3 fully saturated rings. The molecule has 3 aliphatic rings. The van der Waals surface area contributed by atoms with Gasteiger partial charge in [0.05, 0.1) is 17.0 Å². The first kappa shape index (κ1) is 20.7. The summed E-state index contributed by atoms with van der Waals surface area (Å²) < 4.78 is 0. The summed E-state index contributed by atoms with van der Waals surface area (Å²) in [5.41, 5.74) is 3.18. The van der Waals surface area contributed by atoms with E-state index in [1.165, 1.54) is 0 Å². The Morgan fingerprint density at radius 3 is 2.75 bits per heavy atom. The molecule has 2 saturated carbocycles. The predicted molar refractivity (Wildman–Crippen MR) is 122 cm³/mol. The van der Waals surface area contributed by atoms with E-state index in [9.17, 15) is 15.2 Å². The van der Waals surface area contributed by atoms with Crippen molar-refractivity contribution >= 4 is 17.8 Å². The largest absolute Gasteiger partial charge is 0.380 e. The number of carbonyl (C=O) groups excluding carboxylic acids is 1. The van der Waals surface area contributed by atoms with Crippen molar-refractivity contribution < 1.29 is 9.90 Å². The Kier molecular flexibility index (Phi) is 4.98. The Labute approximate surface area is 188 Å². The van der Waals surface area contributed by atoms with Gasteiger partial charge in [0.1, 0.15) is 17.5 Å². The molecule has 0 radical (unpaired) electrons. The summed E-state index contributed by atoms with van der Waals surface area (Å²) in [5, 5.41) is 20.2. The highest BCUT2D eigenvalue weighted by Gasteiger charge is 2.51. The van der Waals surface area contributed by atoms with Crippen LogP contribution in [0.5, 0.6) is 0 Å². The van der Waals surface area contributed by atoms with Gasteiger partial charge in [-0.15, -0.1) is 0 Å². The lowest BCUT2D eigenvalue weighted by Crippen LogP contribution is -2.57. The molecule has 164 valence electrons. The van der Waals surface area contributed by atoms with Gasteiger partial charge in [-0.25, -0.2) is 4.98 Å². The molecule has 1 aliphatic heterocycles. The van der Waals surface area contributed by atoms with E-state index in [-0.39, 0.29) is 11.9 Å². The van der Waals surface area contributed by atoms with Gasteiger partial charge in [0.15, 0.2) is 0 Å². The maximum atomic E-state index is 12.6. The molecular weight excluding hydrogens is 402 g/mol. The van der Waals surface area contributed by atoms with Crippen molar-refractivity contribution in [2.45, 2.75) is 50.2 Å². The van der Waals surface area contributed by atoms with Crippen LogP contribution < -0.4 is 4.90 Å². The highest BCUT2D eigenvalue weighted by atomic mass is 16.3. The van der Waals surface area contributed by atoms with Gasteiger partial charge < -0.3 is 14.9 Å². The van der Waals surface area contributed by atoms with Crippen molar-refractivity contribution in [2.24, 2.45) is 0 Å². The first-order valence-electron chi connectivity index (χ1n) is 11.3. The average molecular weight is 430 g/mol. The van der Waals surface area contributed by atoms with Crippen LogP contribution >= 0.6 is 0 Å². The molecule has 1 saturated heterocycles. The minimum absolute atomic E-state index is 0.0615. The Balaban J connectivity index is 1.47. The second kappa shape index (κ2) is 7.72. The standard InChI is InChI=1S/C25H27N5O2/c1-3-20-12-18(6-9-27-20)21-13-19(14-26)23(28-22(21)17-4-5-17)29-10-11-30(16(2)15-29)24(31)25(32)7-8-25/h3,6,9,12-13,16-17,32H,1,4-5,7-8,10-11,15H2,2H3/t16-/m1/s1. The first-order chi connectivity index (χ1) is 15.4. The van der Waals surface area contributed by atoms with Crippen LogP contribution in [-0.4, -0.2) is 57.2 Å². The molecule has 7 nitrogen and oxygen atoms in total. The number of aromatic nitrogens is 2. The fourth-order valence-electron chi connectivity index (χ4n) is 4.52. The van der Waals surface area contributed by atoms with Gasteiger partial charge in [-0.2, -0.15) is 5.26 Å². The summed E-state index contributed by atoms with van der Waals surface area (Å²) in [6.07, 6.45) is 6.77. The average Bonchev–Trinajstić information content (AvgIpc) is 3.75. The van der Waals surface area contributed by atoms with Crippen molar-refractivity contribution in [3.05, 3.63) is 47.9 Å². The van der Waals surface area contributed by atoms with Crippen LogP contribution in [0.4, 0.5) is 5.82 Å². The van der Waals surface area contributed by atoms with Crippen molar-refractivity contribution in [3.8, 4) is 17.2 Å². The molecule has 32 heavy (non-hydrogen) atoms. The minimum atomic E-state index is -1.15. The Morgan fingerprint density at radius 1 is 1.34 bits per heavy atom. The number of nitrogens with zero attached hydrogens (tertiary/aromatic N) is 5. The number of aliphatic hydroxyl groups is 1. The molecule has 0 bridgehead atoms. The van der Waals surface area contributed by atoms with Crippen molar-refractivity contribution in [1.82, 2.24) is 14.9 Å². The van der Waals surface area contributed by atoms with Gasteiger partial charge in [0.2, 0.25) is 0 Å². The van der Waals surface area contributed by atoms with Crippen LogP contribution in [-0.2, 0) is 4.79 Å². The zero-order chi connectivity index (χ0) is 22.5. The minimum Gasteiger partial charge on any atom is -0.380 e. The van der Waals surface area contributed by atoms with Crippen LogP contribution in [0.15, 0.2) is 31.0 Å². The van der Waals surface area contributed by atoms with Crippen LogP contribution in [0, 0.1) is 11.3 Å². The summed E-state index contributed by atoms with van der Waals surface area (Å²) in [6.45, 7) is 7.49. The van der Waals surface area contributed by atoms with Crippen LogP contribution in [0.25, 0.3) is 17.2 Å². The van der Waals surface area contributed by atoms with Crippen LogP contribution in [0.2, 0.25) is 0 Å². The summed E-state index contributed by atoms with van der Waals surface area (Å²) in [7, 11) is 0. The Bertz CT molecular complexity index is 1130. The highest BCUT2D eigenvalue weighted by molar-refractivity contribution is 5.88. The Hall–Kier alpha value is -3.24. The SMILES string of the molecule is C=Cc1cc(-c2cc(C#N)c(N3CCN(C(=O)C4(O)CC4)[C@H](C)C3)nc2C2CC2)ccn1. The molecule has 0 spiro atoms. The van der Waals surface area contributed by atoms with Gasteiger partial charge in [-0.1, -0.05) is 6.58 Å². The second-order valence-electron chi connectivity index (χ2n) is 9.18. The van der Waals surface area contributed by atoms with Crippen molar-refractivity contribution in [3.63, 3.8) is 0 Å². The topological polar surface area (TPSA) is 93.4 Å². The van der Waals surface area contributed by atoms with E-state index in [1.54, 1.807) is 17.2 Å². The van der Waals surface area contributed by atoms with Crippen molar-refractivity contribution in [2.75, 3.05) is 24.5 Å². The Morgan fingerprint density at radius 2 is 2.12 bits per heavy atom. The predicted octanol–water partition coefficient (Wildman–Crippen LogP) is 3.10. The first-order valence-corrected chi connectivity index (χ1v) is 11.3. The molecule has 3 heterocycles.